The highest BCUT2D eigenvalue weighted by Gasteiger charge is 2.38. The molecule has 1 N–H and O–H groups in total. The highest BCUT2D eigenvalue weighted by atomic mass is 16.5. The molecule has 6 nitrogen and oxygen atoms in total. The van der Waals surface area contributed by atoms with Gasteiger partial charge in [0.2, 0.25) is 0 Å². The number of nitrogens with one attached hydrogen (secondary N) is 1. The van der Waals surface area contributed by atoms with Crippen LogP contribution in [0.15, 0.2) is 12.1 Å². The molecule has 3 rings (SSSR count). The van der Waals surface area contributed by atoms with Crippen LogP contribution in [0.5, 0.6) is 0 Å². The van der Waals surface area contributed by atoms with Gasteiger partial charge in [-0.25, -0.2) is 4.79 Å². The van der Waals surface area contributed by atoms with E-state index in [2.05, 4.69) is 25.2 Å². The molecule has 0 unspecified atom stereocenters. The summed E-state index contributed by atoms with van der Waals surface area (Å²) in [5.74, 6) is 1.11. The molecule has 2 aliphatic heterocycles. The Morgan fingerprint density at radius 1 is 1.44 bits per heavy atom. The molecule has 0 aliphatic carbocycles. The van der Waals surface area contributed by atoms with Gasteiger partial charge >= 0.3 is 5.97 Å². The number of fused-ring (bicyclic) bond motifs is 1. The molecular weight excluding hydrogens is 232 g/mol. The SMILES string of the molecule is COC(=O)c1ccc(N2CC[C@@H]3CNC[C@@H]32)nn1. The molecular formula is C12H16N4O2. The third kappa shape index (κ3) is 1.82. The van der Waals surface area contributed by atoms with Crippen LogP contribution in [-0.4, -0.2) is 49.0 Å². The fourth-order valence-corrected chi connectivity index (χ4v) is 2.83. The number of hydrogen-bond donors (Lipinski definition) is 1. The van der Waals surface area contributed by atoms with E-state index in [0.29, 0.717) is 12.0 Å². The Morgan fingerprint density at radius 2 is 2.33 bits per heavy atom. The Morgan fingerprint density at radius 3 is 3.06 bits per heavy atom. The number of ether oxygens (including phenoxy) is 1. The van der Waals surface area contributed by atoms with Crippen LogP contribution in [-0.2, 0) is 4.74 Å². The molecule has 2 atom stereocenters. The van der Waals surface area contributed by atoms with E-state index >= 15 is 0 Å². The van der Waals surface area contributed by atoms with E-state index in [1.165, 1.54) is 13.5 Å². The van der Waals surface area contributed by atoms with Crippen LogP contribution in [0, 0.1) is 5.92 Å². The molecule has 2 saturated heterocycles. The van der Waals surface area contributed by atoms with Gasteiger partial charge < -0.3 is 15.0 Å². The summed E-state index contributed by atoms with van der Waals surface area (Å²) < 4.78 is 4.61. The quantitative estimate of drug-likeness (QED) is 0.747. The first-order valence-corrected chi connectivity index (χ1v) is 6.19. The number of aromatic nitrogens is 2. The number of methoxy groups -OCH3 is 1. The van der Waals surface area contributed by atoms with Crippen molar-refractivity contribution in [3.63, 3.8) is 0 Å². The fourth-order valence-electron chi connectivity index (χ4n) is 2.83. The number of nitrogens with zero attached hydrogens (tertiary/aromatic N) is 3. The average molecular weight is 248 g/mol. The summed E-state index contributed by atoms with van der Waals surface area (Å²) in [5.41, 5.74) is 0.251. The van der Waals surface area contributed by atoms with E-state index in [9.17, 15) is 4.79 Å². The van der Waals surface area contributed by atoms with Crippen molar-refractivity contribution in [3.05, 3.63) is 17.8 Å². The van der Waals surface area contributed by atoms with Crippen molar-refractivity contribution < 1.29 is 9.53 Å². The van der Waals surface area contributed by atoms with Crippen molar-refractivity contribution in [2.45, 2.75) is 12.5 Å². The fraction of sp³-hybridized carbons (Fsp3) is 0.583. The monoisotopic (exact) mass is 248 g/mol. The van der Waals surface area contributed by atoms with Gasteiger partial charge in [-0.05, 0) is 24.5 Å². The first-order chi connectivity index (χ1) is 8.79. The molecule has 1 aromatic rings. The van der Waals surface area contributed by atoms with Crippen LogP contribution in [0.4, 0.5) is 5.82 Å². The predicted molar refractivity (Wildman–Crippen MR) is 65.5 cm³/mol. The molecule has 0 aromatic carbocycles. The molecule has 0 saturated carbocycles. The summed E-state index contributed by atoms with van der Waals surface area (Å²) in [5, 5.41) is 11.5. The molecule has 6 heteroatoms. The number of hydrogen-bond acceptors (Lipinski definition) is 6. The molecule has 1 aromatic heterocycles. The lowest BCUT2D eigenvalue weighted by atomic mass is 10.1. The standard InChI is InChI=1S/C12H16N4O2/c1-18-12(17)9-2-3-11(15-14-9)16-5-4-8-6-13-7-10(8)16/h2-3,8,10,13H,4-7H2,1H3/t8-,10+/m1/s1. The van der Waals surface area contributed by atoms with E-state index in [1.807, 2.05) is 6.07 Å². The number of anilines is 1. The lowest BCUT2D eigenvalue weighted by Gasteiger charge is -2.23. The van der Waals surface area contributed by atoms with Gasteiger partial charge in [-0.1, -0.05) is 0 Å². The van der Waals surface area contributed by atoms with Gasteiger partial charge in [0.25, 0.3) is 0 Å². The first-order valence-electron chi connectivity index (χ1n) is 6.19. The minimum absolute atomic E-state index is 0.251. The van der Waals surface area contributed by atoms with Crippen LogP contribution in [0.2, 0.25) is 0 Å². The zero-order valence-electron chi connectivity index (χ0n) is 10.3. The molecule has 0 amide bonds. The summed E-state index contributed by atoms with van der Waals surface area (Å²) in [6, 6.07) is 4.03. The smallest absolute Gasteiger partial charge is 0.358 e. The predicted octanol–water partition coefficient (Wildman–Crippen LogP) is 0.0613. The van der Waals surface area contributed by atoms with Crippen molar-refractivity contribution in [2.75, 3.05) is 31.6 Å². The summed E-state index contributed by atoms with van der Waals surface area (Å²) in [6.07, 6.45) is 1.19. The Kier molecular flexibility index (Phi) is 2.87. The maximum atomic E-state index is 11.3. The van der Waals surface area contributed by atoms with Crippen LogP contribution < -0.4 is 10.2 Å². The molecule has 0 spiro atoms. The molecule has 0 bridgehead atoms. The Hall–Kier alpha value is -1.69. The number of carbonyl (C=O) groups excluding carboxylic acids is 1. The highest BCUT2D eigenvalue weighted by molar-refractivity contribution is 5.86. The second-order valence-electron chi connectivity index (χ2n) is 4.74. The van der Waals surface area contributed by atoms with Gasteiger partial charge in [0, 0.05) is 25.7 Å². The van der Waals surface area contributed by atoms with Crippen molar-refractivity contribution in [1.82, 2.24) is 15.5 Å². The zero-order chi connectivity index (χ0) is 12.5. The second kappa shape index (κ2) is 4.53. The number of carbonyl (C=O) groups is 1. The Balaban J connectivity index is 1.78. The number of esters is 1. The molecule has 96 valence electrons. The maximum absolute atomic E-state index is 11.3. The summed E-state index contributed by atoms with van der Waals surface area (Å²) >= 11 is 0. The van der Waals surface area contributed by atoms with Crippen LogP contribution in [0.1, 0.15) is 16.9 Å². The third-order valence-electron chi connectivity index (χ3n) is 3.78. The number of rotatable bonds is 2. The topological polar surface area (TPSA) is 67.3 Å². The first kappa shape index (κ1) is 11.4. The van der Waals surface area contributed by atoms with Crippen molar-refractivity contribution in [3.8, 4) is 0 Å². The molecule has 2 aliphatic rings. The van der Waals surface area contributed by atoms with Gasteiger partial charge in [0.05, 0.1) is 7.11 Å². The van der Waals surface area contributed by atoms with E-state index in [4.69, 9.17) is 0 Å². The van der Waals surface area contributed by atoms with E-state index in [-0.39, 0.29) is 5.69 Å². The van der Waals surface area contributed by atoms with Gasteiger partial charge in [0.15, 0.2) is 11.5 Å². The third-order valence-corrected chi connectivity index (χ3v) is 3.78. The summed E-state index contributed by atoms with van der Waals surface area (Å²) in [4.78, 5) is 13.6. The van der Waals surface area contributed by atoms with Gasteiger partial charge in [0.1, 0.15) is 0 Å². The van der Waals surface area contributed by atoms with E-state index < -0.39 is 5.97 Å². The average Bonchev–Trinajstić information content (AvgIpc) is 3.00. The second-order valence-corrected chi connectivity index (χ2v) is 4.74. The minimum Gasteiger partial charge on any atom is -0.464 e. The Bertz CT molecular complexity index is 448. The van der Waals surface area contributed by atoms with E-state index in [1.54, 1.807) is 6.07 Å². The van der Waals surface area contributed by atoms with Crippen LogP contribution >= 0.6 is 0 Å². The molecule has 18 heavy (non-hydrogen) atoms. The lowest BCUT2D eigenvalue weighted by molar-refractivity contribution is 0.0592. The normalized spacial score (nSPS) is 26.2. The van der Waals surface area contributed by atoms with Crippen LogP contribution in [0.3, 0.4) is 0 Å². The van der Waals surface area contributed by atoms with Crippen LogP contribution in [0.25, 0.3) is 0 Å². The van der Waals surface area contributed by atoms with Crippen molar-refractivity contribution >= 4 is 11.8 Å². The highest BCUT2D eigenvalue weighted by Crippen LogP contribution is 2.30. The Labute approximate surface area is 105 Å². The minimum atomic E-state index is -0.448. The van der Waals surface area contributed by atoms with E-state index in [0.717, 1.165) is 25.5 Å². The van der Waals surface area contributed by atoms with Gasteiger partial charge in [-0.2, -0.15) is 0 Å². The van der Waals surface area contributed by atoms with Gasteiger partial charge in [-0.3, -0.25) is 0 Å². The summed E-state index contributed by atoms with van der Waals surface area (Å²) in [7, 11) is 1.34. The lowest BCUT2D eigenvalue weighted by Crippen LogP contribution is -2.34. The van der Waals surface area contributed by atoms with Crippen molar-refractivity contribution in [1.29, 1.82) is 0 Å². The summed E-state index contributed by atoms with van der Waals surface area (Å²) in [6.45, 7) is 3.11. The van der Waals surface area contributed by atoms with Crippen molar-refractivity contribution in [2.24, 2.45) is 5.92 Å². The molecule has 0 radical (unpaired) electrons. The van der Waals surface area contributed by atoms with Gasteiger partial charge in [-0.15, -0.1) is 10.2 Å². The molecule has 3 heterocycles. The maximum Gasteiger partial charge on any atom is 0.358 e. The molecule has 2 fully saturated rings. The largest absolute Gasteiger partial charge is 0.464 e. The zero-order valence-corrected chi connectivity index (χ0v) is 10.3.